The van der Waals surface area contributed by atoms with Crippen molar-refractivity contribution < 1.29 is 19.1 Å². The number of nitrogens with zero attached hydrogens (tertiary/aromatic N) is 1. The highest BCUT2D eigenvalue weighted by Crippen LogP contribution is 2.31. The van der Waals surface area contributed by atoms with Gasteiger partial charge in [0.2, 0.25) is 5.91 Å². The zero-order chi connectivity index (χ0) is 22.3. The second-order valence-corrected chi connectivity index (χ2v) is 7.27. The molecule has 2 heterocycles. The third kappa shape index (κ3) is 5.13. The Labute approximate surface area is 186 Å². The molecule has 1 aromatic heterocycles. The van der Waals surface area contributed by atoms with E-state index in [-0.39, 0.29) is 11.8 Å². The van der Waals surface area contributed by atoms with Gasteiger partial charge in [0.15, 0.2) is 6.10 Å². The van der Waals surface area contributed by atoms with Gasteiger partial charge in [-0.15, -0.1) is 0 Å². The Morgan fingerprint density at radius 3 is 2.81 bits per heavy atom. The third-order valence-corrected chi connectivity index (χ3v) is 5.06. The molecule has 7 nitrogen and oxygen atoms in total. The predicted molar refractivity (Wildman–Crippen MR) is 121 cm³/mol. The van der Waals surface area contributed by atoms with Gasteiger partial charge in [0, 0.05) is 31.4 Å². The molecule has 2 aromatic carbocycles. The van der Waals surface area contributed by atoms with Crippen LogP contribution in [-0.2, 0) is 22.6 Å². The second-order valence-electron chi connectivity index (χ2n) is 7.27. The fraction of sp³-hybridized carbons (Fsp3) is 0.160. The SMILES string of the molecule is COc1ccc(/C=C/C(=O)NCc2ccncc2)cc1CC1Oc2ccccc2NC1=O. The summed E-state index contributed by atoms with van der Waals surface area (Å²) in [6.07, 6.45) is 6.23. The van der Waals surface area contributed by atoms with Crippen LogP contribution in [0.1, 0.15) is 16.7 Å². The van der Waals surface area contributed by atoms with Gasteiger partial charge < -0.3 is 20.1 Å². The molecule has 0 saturated heterocycles. The number of benzene rings is 2. The van der Waals surface area contributed by atoms with Gasteiger partial charge in [0.25, 0.3) is 5.91 Å². The van der Waals surface area contributed by atoms with Crippen LogP contribution < -0.4 is 20.1 Å². The molecule has 2 amide bonds. The number of methoxy groups -OCH3 is 1. The van der Waals surface area contributed by atoms with Crippen molar-refractivity contribution in [3.05, 3.63) is 89.8 Å². The number of hydrogen-bond acceptors (Lipinski definition) is 5. The smallest absolute Gasteiger partial charge is 0.265 e. The largest absolute Gasteiger partial charge is 0.496 e. The number of fused-ring (bicyclic) bond motifs is 1. The third-order valence-electron chi connectivity index (χ3n) is 5.06. The average molecular weight is 429 g/mol. The highest BCUT2D eigenvalue weighted by molar-refractivity contribution is 5.98. The summed E-state index contributed by atoms with van der Waals surface area (Å²) in [6.45, 7) is 0.426. The van der Waals surface area contributed by atoms with E-state index in [1.165, 1.54) is 6.08 Å². The lowest BCUT2D eigenvalue weighted by atomic mass is 10.0. The van der Waals surface area contributed by atoms with Gasteiger partial charge in [-0.1, -0.05) is 18.2 Å². The molecule has 0 radical (unpaired) electrons. The minimum atomic E-state index is -0.679. The molecule has 1 aliphatic heterocycles. The molecule has 1 unspecified atom stereocenters. The zero-order valence-corrected chi connectivity index (χ0v) is 17.6. The topological polar surface area (TPSA) is 89.6 Å². The molecule has 7 heteroatoms. The van der Waals surface area contributed by atoms with Crippen LogP contribution >= 0.6 is 0 Å². The number of rotatable bonds is 7. The van der Waals surface area contributed by atoms with Gasteiger partial charge in [0.05, 0.1) is 12.8 Å². The summed E-state index contributed by atoms with van der Waals surface area (Å²) in [6, 6.07) is 16.6. The summed E-state index contributed by atoms with van der Waals surface area (Å²) in [4.78, 5) is 28.6. The monoisotopic (exact) mass is 429 g/mol. The van der Waals surface area contributed by atoms with Gasteiger partial charge in [-0.25, -0.2) is 0 Å². The molecule has 32 heavy (non-hydrogen) atoms. The number of nitrogens with one attached hydrogen (secondary N) is 2. The molecule has 0 spiro atoms. The fourth-order valence-corrected chi connectivity index (χ4v) is 3.41. The lowest BCUT2D eigenvalue weighted by Crippen LogP contribution is -2.38. The van der Waals surface area contributed by atoms with Crippen molar-refractivity contribution in [1.82, 2.24) is 10.3 Å². The maximum atomic E-state index is 12.5. The van der Waals surface area contributed by atoms with Crippen molar-refractivity contribution in [2.45, 2.75) is 19.1 Å². The molecular weight excluding hydrogens is 406 g/mol. The van der Waals surface area contributed by atoms with E-state index in [1.54, 1.807) is 31.6 Å². The van der Waals surface area contributed by atoms with Crippen molar-refractivity contribution in [3.63, 3.8) is 0 Å². The van der Waals surface area contributed by atoms with Crippen molar-refractivity contribution in [3.8, 4) is 11.5 Å². The van der Waals surface area contributed by atoms with E-state index in [2.05, 4.69) is 15.6 Å². The quantitative estimate of drug-likeness (QED) is 0.562. The van der Waals surface area contributed by atoms with Gasteiger partial charge in [-0.2, -0.15) is 0 Å². The summed E-state index contributed by atoms with van der Waals surface area (Å²) < 4.78 is 11.4. The number of hydrogen-bond donors (Lipinski definition) is 2. The van der Waals surface area contributed by atoms with Crippen LogP contribution in [0.4, 0.5) is 5.69 Å². The highest BCUT2D eigenvalue weighted by atomic mass is 16.5. The van der Waals surface area contributed by atoms with Gasteiger partial charge in [0.1, 0.15) is 11.5 Å². The molecule has 1 aliphatic rings. The van der Waals surface area contributed by atoms with E-state index in [4.69, 9.17) is 9.47 Å². The molecule has 3 aromatic rings. The Kier molecular flexibility index (Phi) is 6.46. The Hall–Kier alpha value is -4.13. The zero-order valence-electron chi connectivity index (χ0n) is 17.6. The number of pyridine rings is 1. The lowest BCUT2D eigenvalue weighted by Gasteiger charge is -2.26. The molecule has 0 saturated carbocycles. The second kappa shape index (κ2) is 9.78. The number of anilines is 1. The lowest BCUT2D eigenvalue weighted by molar-refractivity contribution is -0.123. The minimum Gasteiger partial charge on any atom is -0.496 e. The summed E-state index contributed by atoms with van der Waals surface area (Å²) >= 11 is 0. The van der Waals surface area contributed by atoms with Crippen LogP contribution in [0.5, 0.6) is 11.5 Å². The Morgan fingerprint density at radius 2 is 2.00 bits per heavy atom. The molecular formula is C25H23N3O4. The van der Waals surface area contributed by atoms with E-state index in [1.807, 2.05) is 48.5 Å². The number of para-hydroxylation sites is 2. The predicted octanol–water partition coefficient (Wildman–Crippen LogP) is 3.36. The minimum absolute atomic E-state index is 0.203. The number of ether oxygens (including phenoxy) is 2. The van der Waals surface area contributed by atoms with Gasteiger partial charge in [-0.3, -0.25) is 14.6 Å². The van der Waals surface area contributed by atoms with Crippen LogP contribution in [0, 0.1) is 0 Å². The van der Waals surface area contributed by atoms with Crippen LogP contribution in [0.2, 0.25) is 0 Å². The first-order valence-electron chi connectivity index (χ1n) is 10.2. The van der Waals surface area contributed by atoms with Crippen molar-refractivity contribution in [2.75, 3.05) is 12.4 Å². The Morgan fingerprint density at radius 1 is 1.19 bits per heavy atom. The van der Waals surface area contributed by atoms with E-state index in [0.29, 0.717) is 30.2 Å². The maximum Gasteiger partial charge on any atom is 0.265 e. The first-order chi connectivity index (χ1) is 15.6. The fourth-order valence-electron chi connectivity index (χ4n) is 3.41. The average Bonchev–Trinajstić information content (AvgIpc) is 2.82. The number of carbonyl (C=O) groups is 2. The standard InChI is InChI=1S/C25H23N3O4/c1-31-21-8-6-17(7-9-24(29)27-16-18-10-12-26-13-11-18)14-19(21)15-23-25(30)28-20-4-2-3-5-22(20)32-23/h2-14,23H,15-16H2,1H3,(H,27,29)(H,28,30)/b9-7+. The van der Waals surface area contributed by atoms with Crippen LogP contribution in [0.25, 0.3) is 6.08 Å². The van der Waals surface area contributed by atoms with Crippen molar-refractivity contribution in [1.29, 1.82) is 0 Å². The molecule has 1 atom stereocenters. The first kappa shape index (κ1) is 21.1. The number of amides is 2. The number of aromatic nitrogens is 1. The molecule has 2 N–H and O–H groups in total. The normalized spacial score (nSPS) is 14.9. The van der Waals surface area contributed by atoms with Crippen molar-refractivity contribution >= 4 is 23.6 Å². The van der Waals surface area contributed by atoms with E-state index < -0.39 is 6.10 Å². The first-order valence-corrected chi connectivity index (χ1v) is 10.2. The molecule has 0 fully saturated rings. The van der Waals surface area contributed by atoms with E-state index >= 15 is 0 Å². The van der Waals surface area contributed by atoms with Gasteiger partial charge in [-0.05, 0) is 59.2 Å². The number of carbonyl (C=O) groups excluding carboxylic acids is 2. The molecule has 0 aliphatic carbocycles. The maximum absolute atomic E-state index is 12.5. The van der Waals surface area contributed by atoms with Crippen molar-refractivity contribution in [2.24, 2.45) is 0 Å². The molecule has 0 bridgehead atoms. The summed E-state index contributed by atoms with van der Waals surface area (Å²) in [7, 11) is 1.58. The Balaban J connectivity index is 1.44. The van der Waals surface area contributed by atoms with E-state index in [0.717, 1.165) is 16.7 Å². The molecule has 162 valence electrons. The molecule has 4 rings (SSSR count). The summed E-state index contributed by atoms with van der Waals surface area (Å²) in [5, 5.41) is 5.71. The van der Waals surface area contributed by atoms with Crippen LogP contribution in [-0.4, -0.2) is 30.0 Å². The van der Waals surface area contributed by atoms with Crippen LogP contribution in [0.15, 0.2) is 73.1 Å². The van der Waals surface area contributed by atoms with Crippen LogP contribution in [0.3, 0.4) is 0 Å². The summed E-state index contributed by atoms with van der Waals surface area (Å²) in [5.41, 5.74) is 3.26. The van der Waals surface area contributed by atoms with Gasteiger partial charge >= 0.3 is 0 Å². The summed E-state index contributed by atoms with van der Waals surface area (Å²) in [5.74, 6) is 0.880. The Bertz CT molecular complexity index is 1140. The van der Waals surface area contributed by atoms with E-state index in [9.17, 15) is 9.59 Å². The highest BCUT2D eigenvalue weighted by Gasteiger charge is 2.28.